The minimum Gasteiger partial charge on any atom is -0.641 e. The first-order valence-corrected chi connectivity index (χ1v) is 7.42. The topological polar surface area (TPSA) is 83.9 Å². The molecule has 145 valence electrons. The van der Waals surface area contributed by atoms with Crippen LogP contribution in [0.5, 0.6) is 0 Å². The molecule has 3 aromatic rings. The Morgan fingerprint density at radius 1 is 1.07 bits per heavy atom. The summed E-state index contributed by atoms with van der Waals surface area (Å²) < 4.78 is 35.1. The fourth-order valence-electron chi connectivity index (χ4n) is 1.82. The van der Waals surface area contributed by atoms with E-state index < -0.39 is 12.1 Å². The Balaban J connectivity index is 0.000000262. The van der Waals surface area contributed by atoms with E-state index in [1.807, 2.05) is 25.1 Å². The van der Waals surface area contributed by atoms with Gasteiger partial charge in [0.05, 0.1) is 5.69 Å². The van der Waals surface area contributed by atoms with Crippen molar-refractivity contribution in [1.82, 2.24) is 19.9 Å². The van der Waals surface area contributed by atoms with Gasteiger partial charge in [0.1, 0.15) is 0 Å². The van der Waals surface area contributed by atoms with E-state index in [0.29, 0.717) is 5.69 Å². The van der Waals surface area contributed by atoms with Crippen LogP contribution < -0.4 is 4.98 Å². The summed E-state index contributed by atoms with van der Waals surface area (Å²) in [7, 11) is 0. The molecule has 0 bridgehead atoms. The average Bonchev–Trinajstić information content (AvgIpc) is 3.07. The first-order valence-electron chi connectivity index (χ1n) is 7.42. The second-order valence-corrected chi connectivity index (χ2v) is 4.96. The van der Waals surface area contributed by atoms with Crippen LogP contribution in [0.25, 0.3) is 16.7 Å². The van der Waals surface area contributed by atoms with Crippen molar-refractivity contribution < 1.29 is 38.1 Å². The number of aromatic nitrogens is 4. The molecule has 0 atom stereocenters. The quantitative estimate of drug-likeness (QED) is 0.496. The number of amides is 1. The van der Waals surface area contributed by atoms with Gasteiger partial charge in [0, 0.05) is 38.2 Å². The van der Waals surface area contributed by atoms with Gasteiger partial charge in [0.2, 0.25) is 0 Å². The summed E-state index contributed by atoms with van der Waals surface area (Å²) in [6.45, 7) is 1.58. The Hall–Kier alpha value is -2.58. The van der Waals surface area contributed by atoms with Gasteiger partial charge in [-0.25, -0.2) is 0 Å². The monoisotopic (exact) mass is 554 g/mol. The third kappa shape index (κ3) is 7.28. The van der Waals surface area contributed by atoms with Crippen molar-refractivity contribution in [2.75, 3.05) is 0 Å². The van der Waals surface area contributed by atoms with E-state index in [1.165, 1.54) is 12.3 Å². The predicted molar refractivity (Wildman–Crippen MR) is 87.9 cm³/mol. The smallest absolute Gasteiger partial charge is 0.432 e. The van der Waals surface area contributed by atoms with Gasteiger partial charge in [0.15, 0.2) is 5.91 Å². The maximum Gasteiger partial charge on any atom is 0.432 e. The molecule has 0 aromatic carbocycles. The molecule has 0 spiro atoms. The summed E-state index contributed by atoms with van der Waals surface area (Å²) in [6.07, 6.45) is -0.166. The summed E-state index contributed by atoms with van der Waals surface area (Å²) in [5.74, 6) is -2.08. The largest absolute Gasteiger partial charge is 0.641 e. The summed E-state index contributed by atoms with van der Waals surface area (Å²) >= 11 is 0. The SMILES string of the molecule is Cc1nc[n-]c1-c1ccccn1.O=C([N-]Cc1ccccn1)C(F)(F)F.[Ir]. The molecule has 3 heterocycles. The van der Waals surface area contributed by atoms with Crippen LogP contribution >= 0.6 is 0 Å². The van der Waals surface area contributed by atoms with Crippen molar-refractivity contribution in [3.8, 4) is 11.4 Å². The maximum atomic E-state index is 11.7. The summed E-state index contributed by atoms with van der Waals surface area (Å²) in [5, 5.41) is 2.84. The average molecular weight is 554 g/mol. The van der Waals surface area contributed by atoms with Crippen molar-refractivity contribution in [2.45, 2.75) is 19.6 Å². The zero-order valence-electron chi connectivity index (χ0n) is 14.0. The van der Waals surface area contributed by atoms with Gasteiger partial charge < -0.3 is 20.1 Å². The summed E-state index contributed by atoms with van der Waals surface area (Å²) in [6, 6.07) is 10.5. The second kappa shape index (κ2) is 10.5. The Labute approximate surface area is 167 Å². The normalized spacial score (nSPS) is 10.2. The van der Waals surface area contributed by atoms with Gasteiger partial charge in [-0.15, -0.1) is 0 Å². The molecule has 3 aromatic heterocycles. The third-order valence-electron chi connectivity index (χ3n) is 3.04. The number of hydrogen-bond donors (Lipinski definition) is 0. The van der Waals surface area contributed by atoms with Crippen molar-refractivity contribution in [3.63, 3.8) is 0 Å². The number of nitrogens with zero attached hydrogens (tertiary/aromatic N) is 5. The Bertz CT molecular complexity index is 825. The third-order valence-corrected chi connectivity index (χ3v) is 3.04. The van der Waals surface area contributed by atoms with Crippen molar-refractivity contribution in [3.05, 3.63) is 71.8 Å². The molecule has 0 unspecified atom stereocenters. The first-order chi connectivity index (χ1) is 12.4. The van der Waals surface area contributed by atoms with Gasteiger partial charge in [-0.05, 0) is 36.9 Å². The van der Waals surface area contributed by atoms with E-state index in [2.05, 4.69) is 25.3 Å². The van der Waals surface area contributed by atoms with Crippen LogP contribution in [0.2, 0.25) is 0 Å². The van der Waals surface area contributed by atoms with Crippen molar-refractivity contribution >= 4 is 5.91 Å². The molecule has 27 heavy (non-hydrogen) atoms. The molecule has 0 fully saturated rings. The van der Waals surface area contributed by atoms with Gasteiger partial charge >= 0.3 is 6.18 Å². The first kappa shape index (κ1) is 22.5. The molecule has 6 nitrogen and oxygen atoms in total. The number of carbonyl (C=O) groups is 1. The number of halogens is 3. The van der Waals surface area contributed by atoms with Gasteiger partial charge in [-0.1, -0.05) is 30.7 Å². The van der Waals surface area contributed by atoms with Crippen LogP contribution in [0.1, 0.15) is 11.4 Å². The number of alkyl halides is 3. The van der Waals surface area contributed by atoms with Gasteiger partial charge in [-0.2, -0.15) is 13.2 Å². The van der Waals surface area contributed by atoms with E-state index in [1.54, 1.807) is 24.7 Å². The molecule has 0 N–H and O–H groups in total. The summed E-state index contributed by atoms with van der Waals surface area (Å²) in [4.78, 5) is 26.4. The summed E-state index contributed by atoms with van der Waals surface area (Å²) in [5.41, 5.74) is 3.00. The molecule has 0 saturated carbocycles. The molecular formula is C17H14F3IrN5O-2. The molecule has 10 heteroatoms. The van der Waals surface area contributed by atoms with Crippen molar-refractivity contribution in [1.29, 1.82) is 0 Å². The number of rotatable bonds is 3. The Kier molecular flexibility index (Phi) is 8.77. The van der Waals surface area contributed by atoms with E-state index in [9.17, 15) is 18.0 Å². The van der Waals surface area contributed by atoms with Crippen LogP contribution in [0.3, 0.4) is 0 Å². The maximum absolute atomic E-state index is 11.7. The predicted octanol–water partition coefficient (Wildman–Crippen LogP) is 3.45. The Morgan fingerprint density at radius 3 is 2.22 bits per heavy atom. The van der Waals surface area contributed by atoms with Crippen LogP contribution in [-0.4, -0.2) is 27.0 Å². The minimum atomic E-state index is -4.89. The van der Waals surface area contributed by atoms with E-state index in [-0.39, 0.29) is 26.7 Å². The zero-order valence-corrected chi connectivity index (χ0v) is 16.4. The number of imidazole rings is 1. The van der Waals surface area contributed by atoms with Crippen molar-refractivity contribution in [2.24, 2.45) is 0 Å². The van der Waals surface area contributed by atoms with E-state index in [4.69, 9.17) is 0 Å². The molecule has 0 aliphatic carbocycles. The number of hydrogen-bond acceptors (Lipinski definition) is 4. The fraction of sp³-hybridized carbons (Fsp3) is 0.176. The molecule has 1 radical (unpaired) electrons. The van der Waals surface area contributed by atoms with Crippen LogP contribution in [-0.2, 0) is 31.4 Å². The molecule has 0 aliphatic heterocycles. The molecule has 0 aliphatic rings. The second-order valence-electron chi connectivity index (χ2n) is 4.96. The van der Waals surface area contributed by atoms with Gasteiger partial charge in [0.25, 0.3) is 0 Å². The number of aryl methyl sites for hydroxylation is 1. The Morgan fingerprint density at radius 2 is 1.74 bits per heavy atom. The molecule has 0 saturated heterocycles. The van der Waals surface area contributed by atoms with Crippen LogP contribution in [0, 0.1) is 6.92 Å². The van der Waals surface area contributed by atoms with E-state index >= 15 is 0 Å². The zero-order chi connectivity index (χ0) is 19.0. The molecule has 1 amide bonds. The number of carbonyl (C=O) groups excluding carboxylic acids is 1. The van der Waals surface area contributed by atoms with Crippen LogP contribution in [0.4, 0.5) is 13.2 Å². The standard InChI is InChI=1S/C9H8N3.C8H7F3N2O.Ir/c1-7-9(12-6-11-7)8-4-2-3-5-10-8;9-8(10,11)7(14)13-5-6-3-1-2-4-12-6;/h2-6H,1H3;1-4H,5H2,(H,13,14);/q-1;;/p-1. The molecule has 3 rings (SSSR count). The van der Waals surface area contributed by atoms with E-state index in [0.717, 1.165) is 17.1 Å². The van der Waals surface area contributed by atoms with Gasteiger partial charge in [-0.3, -0.25) is 9.97 Å². The minimum absolute atomic E-state index is 0. The number of pyridine rings is 2. The van der Waals surface area contributed by atoms with Crippen LogP contribution in [0.15, 0.2) is 55.1 Å². The fourth-order valence-corrected chi connectivity index (χ4v) is 1.82. The molecular weight excluding hydrogens is 539 g/mol.